The number of nitrogens with one attached hydrogen (secondary N) is 2. The van der Waals surface area contributed by atoms with E-state index >= 15 is 0 Å². The van der Waals surface area contributed by atoms with Gasteiger partial charge < -0.3 is 15.1 Å². The van der Waals surface area contributed by atoms with Crippen LogP contribution >= 0.6 is 35.3 Å². The summed E-state index contributed by atoms with van der Waals surface area (Å²) in [6.45, 7) is 3.43. The average molecular weight is 547 g/mol. The number of halogens is 1. The number of oxazole rings is 1. The van der Waals surface area contributed by atoms with Gasteiger partial charge in [0.1, 0.15) is 6.26 Å². The van der Waals surface area contributed by atoms with E-state index in [2.05, 4.69) is 62.8 Å². The molecule has 0 aliphatic carbocycles. The summed E-state index contributed by atoms with van der Waals surface area (Å²) in [5.41, 5.74) is 4.11. The van der Waals surface area contributed by atoms with Crippen LogP contribution in [0.25, 0.3) is 21.7 Å². The first-order valence-corrected chi connectivity index (χ1v) is 10.8. The normalized spacial score (nSPS) is 11.4. The zero-order valence-electron chi connectivity index (χ0n) is 17.6. The molecule has 2 aromatic heterocycles. The van der Waals surface area contributed by atoms with Crippen LogP contribution in [-0.2, 0) is 13.0 Å². The highest BCUT2D eigenvalue weighted by molar-refractivity contribution is 14.0. The van der Waals surface area contributed by atoms with E-state index in [-0.39, 0.29) is 24.0 Å². The molecular weight excluding hydrogens is 521 g/mol. The van der Waals surface area contributed by atoms with Crippen molar-refractivity contribution in [1.82, 2.24) is 20.6 Å². The molecule has 0 aliphatic rings. The predicted octanol–water partition coefficient (Wildman–Crippen LogP) is 5.18. The lowest BCUT2D eigenvalue weighted by Crippen LogP contribution is -2.37. The van der Waals surface area contributed by atoms with Gasteiger partial charge in [-0.25, -0.2) is 9.97 Å². The number of hydrogen-bond acceptors (Lipinski definition) is 5. The van der Waals surface area contributed by atoms with Crippen molar-refractivity contribution in [3.63, 3.8) is 0 Å². The predicted molar refractivity (Wildman–Crippen MR) is 138 cm³/mol. The van der Waals surface area contributed by atoms with E-state index in [9.17, 15) is 0 Å². The molecule has 0 atom stereocenters. The Morgan fingerprint density at radius 2 is 1.87 bits per heavy atom. The highest BCUT2D eigenvalue weighted by Crippen LogP contribution is 2.22. The van der Waals surface area contributed by atoms with Gasteiger partial charge in [0.15, 0.2) is 5.96 Å². The van der Waals surface area contributed by atoms with Crippen LogP contribution in [0, 0.1) is 6.92 Å². The standard InChI is InChI=1S/C23H25N5OS.HI/c1-16-9-11-17(12-10-16)22-27-18(15-29-22)14-26-23(24-2)25-13-5-8-21-28-19-6-3-4-7-20(19)30-21;/h3-4,6-7,9-12,15H,5,8,13-14H2,1-2H3,(H2,24,25,26);1H. The summed E-state index contributed by atoms with van der Waals surface area (Å²) in [6.07, 6.45) is 3.62. The van der Waals surface area contributed by atoms with Crippen LogP contribution in [0.4, 0.5) is 0 Å². The fourth-order valence-electron chi connectivity index (χ4n) is 3.09. The highest BCUT2D eigenvalue weighted by Gasteiger charge is 2.08. The molecule has 0 aliphatic heterocycles. The van der Waals surface area contributed by atoms with Gasteiger partial charge in [-0.05, 0) is 37.6 Å². The zero-order valence-corrected chi connectivity index (χ0v) is 20.7. The number of para-hydroxylation sites is 1. The number of thiazole rings is 1. The monoisotopic (exact) mass is 547 g/mol. The van der Waals surface area contributed by atoms with Gasteiger partial charge in [-0.1, -0.05) is 29.8 Å². The van der Waals surface area contributed by atoms with Crippen LogP contribution in [0.2, 0.25) is 0 Å². The maximum absolute atomic E-state index is 5.61. The van der Waals surface area contributed by atoms with Gasteiger partial charge in [0.05, 0.1) is 27.5 Å². The van der Waals surface area contributed by atoms with Crippen LogP contribution in [0.3, 0.4) is 0 Å². The van der Waals surface area contributed by atoms with E-state index in [1.165, 1.54) is 15.3 Å². The number of aliphatic imine (C=N–C) groups is 1. The van der Waals surface area contributed by atoms with Crippen LogP contribution < -0.4 is 10.6 Å². The second-order valence-electron chi connectivity index (χ2n) is 7.04. The largest absolute Gasteiger partial charge is 0.444 e. The first kappa shape index (κ1) is 23.2. The first-order chi connectivity index (χ1) is 14.7. The van der Waals surface area contributed by atoms with Gasteiger partial charge in [0.25, 0.3) is 0 Å². The summed E-state index contributed by atoms with van der Waals surface area (Å²) in [6, 6.07) is 16.4. The van der Waals surface area contributed by atoms with Gasteiger partial charge in [0.2, 0.25) is 5.89 Å². The first-order valence-electron chi connectivity index (χ1n) is 10.0. The molecule has 0 amide bonds. The van der Waals surface area contributed by atoms with Gasteiger partial charge in [-0.15, -0.1) is 35.3 Å². The third-order valence-electron chi connectivity index (χ3n) is 4.71. The molecule has 4 rings (SSSR count). The molecule has 31 heavy (non-hydrogen) atoms. The summed E-state index contributed by atoms with van der Waals surface area (Å²) in [7, 11) is 1.77. The Morgan fingerprint density at radius 1 is 1.06 bits per heavy atom. The number of guanidine groups is 1. The molecule has 4 aromatic rings. The lowest BCUT2D eigenvalue weighted by Gasteiger charge is -2.10. The molecule has 2 N–H and O–H groups in total. The maximum Gasteiger partial charge on any atom is 0.226 e. The molecule has 0 saturated heterocycles. The van der Waals surface area contributed by atoms with E-state index in [4.69, 9.17) is 4.42 Å². The smallest absolute Gasteiger partial charge is 0.226 e. The average Bonchev–Trinajstić information content (AvgIpc) is 3.40. The topological polar surface area (TPSA) is 75.3 Å². The van der Waals surface area contributed by atoms with Crippen LogP contribution in [0.5, 0.6) is 0 Å². The molecule has 2 heterocycles. The maximum atomic E-state index is 5.61. The van der Waals surface area contributed by atoms with E-state index < -0.39 is 0 Å². The Bertz CT molecular complexity index is 1100. The summed E-state index contributed by atoms with van der Waals surface area (Å²) in [5.74, 6) is 1.38. The lowest BCUT2D eigenvalue weighted by molar-refractivity contribution is 0.572. The minimum Gasteiger partial charge on any atom is -0.444 e. The van der Waals surface area contributed by atoms with E-state index in [1.807, 2.05) is 18.2 Å². The molecule has 0 radical (unpaired) electrons. The van der Waals surface area contributed by atoms with Crippen molar-refractivity contribution in [1.29, 1.82) is 0 Å². The molecule has 8 heteroatoms. The molecule has 0 spiro atoms. The molecular formula is C23H26IN5OS. The lowest BCUT2D eigenvalue weighted by atomic mass is 10.1. The van der Waals surface area contributed by atoms with Crippen molar-refractivity contribution in [3.8, 4) is 11.5 Å². The number of rotatable bonds is 7. The van der Waals surface area contributed by atoms with E-state index in [0.29, 0.717) is 12.4 Å². The molecule has 0 bridgehead atoms. The third-order valence-corrected chi connectivity index (χ3v) is 5.81. The second-order valence-corrected chi connectivity index (χ2v) is 8.16. The van der Waals surface area contributed by atoms with Gasteiger partial charge in [0, 0.05) is 25.6 Å². The summed E-state index contributed by atoms with van der Waals surface area (Å²) in [4.78, 5) is 13.5. The Hall–Kier alpha value is -2.46. The van der Waals surface area contributed by atoms with Crippen molar-refractivity contribution in [2.45, 2.75) is 26.3 Å². The summed E-state index contributed by atoms with van der Waals surface area (Å²) >= 11 is 1.77. The number of fused-ring (bicyclic) bond motifs is 1. The molecule has 6 nitrogen and oxygen atoms in total. The Kier molecular flexibility index (Phi) is 8.42. The molecule has 162 valence electrons. The van der Waals surface area contributed by atoms with Gasteiger partial charge in [-0.2, -0.15) is 0 Å². The van der Waals surface area contributed by atoms with Crippen LogP contribution in [-0.4, -0.2) is 29.5 Å². The number of nitrogens with zero attached hydrogens (tertiary/aromatic N) is 3. The zero-order chi connectivity index (χ0) is 20.8. The number of aromatic nitrogens is 2. The number of hydrogen-bond donors (Lipinski definition) is 2. The van der Waals surface area contributed by atoms with Crippen molar-refractivity contribution in [2.75, 3.05) is 13.6 Å². The summed E-state index contributed by atoms with van der Waals surface area (Å²) in [5, 5.41) is 7.80. The van der Waals surface area contributed by atoms with Gasteiger partial charge >= 0.3 is 0 Å². The second kappa shape index (κ2) is 11.2. The molecule has 0 unspecified atom stereocenters. The van der Waals surface area contributed by atoms with Crippen molar-refractivity contribution in [3.05, 3.63) is 71.1 Å². The Morgan fingerprint density at radius 3 is 2.65 bits per heavy atom. The third kappa shape index (κ3) is 6.27. The van der Waals surface area contributed by atoms with Crippen molar-refractivity contribution < 1.29 is 4.42 Å². The van der Waals surface area contributed by atoms with Crippen molar-refractivity contribution in [2.24, 2.45) is 4.99 Å². The molecule has 0 saturated carbocycles. The van der Waals surface area contributed by atoms with Crippen LogP contribution in [0.1, 0.15) is 22.7 Å². The molecule has 2 aromatic carbocycles. The fraction of sp³-hybridized carbons (Fsp3) is 0.261. The van der Waals surface area contributed by atoms with Crippen molar-refractivity contribution >= 4 is 51.5 Å². The Balaban J connectivity index is 0.00000272. The van der Waals surface area contributed by atoms with Gasteiger partial charge in [-0.3, -0.25) is 4.99 Å². The minimum atomic E-state index is 0. The Labute approximate surface area is 203 Å². The minimum absolute atomic E-state index is 0. The SMILES string of the molecule is CN=C(NCCCc1nc2ccccc2s1)NCc1coc(-c2ccc(C)cc2)n1.I. The fourth-order valence-corrected chi connectivity index (χ4v) is 4.09. The highest BCUT2D eigenvalue weighted by atomic mass is 127. The molecule has 0 fully saturated rings. The van der Waals surface area contributed by atoms with E-state index in [1.54, 1.807) is 24.6 Å². The summed E-state index contributed by atoms with van der Waals surface area (Å²) < 4.78 is 6.86. The number of aryl methyl sites for hydroxylation is 2. The van der Waals surface area contributed by atoms with Crippen LogP contribution in [0.15, 0.2) is 64.2 Å². The number of benzene rings is 2. The van der Waals surface area contributed by atoms with E-state index in [0.717, 1.165) is 42.1 Å². The quantitative estimate of drug-likeness (QED) is 0.145.